The molecular weight excluding hydrogens is 342 g/mol. The van der Waals surface area contributed by atoms with Crippen LogP contribution in [0.4, 0.5) is 11.4 Å². The van der Waals surface area contributed by atoms with Crippen LogP contribution in [0.2, 0.25) is 0 Å². The Morgan fingerprint density at radius 3 is 2.78 bits per heavy atom. The number of likely N-dealkylation sites (N-methyl/N-ethyl adjacent to an activating group) is 1. The highest BCUT2D eigenvalue weighted by Gasteiger charge is 2.37. The molecule has 0 saturated heterocycles. The Balaban J connectivity index is 2.23. The summed E-state index contributed by atoms with van der Waals surface area (Å²) >= 11 is 0. The van der Waals surface area contributed by atoms with Gasteiger partial charge in [-0.05, 0) is 24.6 Å². The molecule has 3 rings (SSSR count). The van der Waals surface area contributed by atoms with E-state index in [0.717, 1.165) is 25.1 Å². The van der Waals surface area contributed by atoms with Gasteiger partial charge in [-0.2, -0.15) is 5.26 Å². The van der Waals surface area contributed by atoms with Gasteiger partial charge >= 0.3 is 0 Å². The first kappa shape index (κ1) is 18.4. The van der Waals surface area contributed by atoms with Crippen molar-refractivity contribution < 1.29 is 10.2 Å². The van der Waals surface area contributed by atoms with Crippen LogP contribution in [0.1, 0.15) is 17.9 Å². The van der Waals surface area contributed by atoms with Gasteiger partial charge in [0.2, 0.25) is 0 Å². The first-order valence-corrected chi connectivity index (χ1v) is 8.62. The molecular formula is C19H23N7O+2. The van der Waals surface area contributed by atoms with Crippen molar-refractivity contribution in [1.29, 1.82) is 5.26 Å². The van der Waals surface area contributed by atoms with E-state index in [0.29, 0.717) is 28.2 Å². The zero-order chi connectivity index (χ0) is 19.6. The zero-order valence-electron chi connectivity index (χ0n) is 15.1. The highest BCUT2D eigenvalue weighted by atomic mass is 16.3. The fraction of sp³-hybridized carbons (Fsp3) is 0.263. The van der Waals surface area contributed by atoms with Crippen LogP contribution < -0.4 is 27.4 Å². The number of nitrogens with two attached hydrogens (primary N) is 3. The maximum Gasteiger partial charge on any atom is 0.276 e. The molecule has 1 aromatic rings. The summed E-state index contributed by atoms with van der Waals surface area (Å²) in [6.45, 7) is 1.68. The van der Waals surface area contributed by atoms with E-state index in [1.54, 1.807) is 18.2 Å². The van der Waals surface area contributed by atoms with Crippen molar-refractivity contribution in [3.63, 3.8) is 0 Å². The second kappa shape index (κ2) is 7.43. The summed E-state index contributed by atoms with van der Waals surface area (Å²) in [6, 6.07) is 7.38. The smallest absolute Gasteiger partial charge is 0.276 e. The minimum absolute atomic E-state index is 0.248. The molecule has 1 aromatic carbocycles. The molecule has 0 aliphatic carbocycles. The Labute approximate surface area is 157 Å². The molecule has 0 fully saturated rings. The average Bonchev–Trinajstić information content (AvgIpc) is 2.68. The standard InChI is InChI=1S/C19H21N7O/c1-26-7-5-11(6-8-26)18-13(9-20)16(14(10-21)19(23)24-18)12-3-2-4-15(25-27)17(12)22/h2-5,10,16H,6-8,21-22H2,1H3,(H2,23,24)/p+2/b14-10-. The number of nitrogens with zero attached hydrogens (tertiary/aromatic N) is 2. The van der Waals surface area contributed by atoms with Gasteiger partial charge in [0.25, 0.3) is 11.5 Å². The van der Waals surface area contributed by atoms with Gasteiger partial charge in [0.15, 0.2) is 0 Å². The van der Waals surface area contributed by atoms with Crippen LogP contribution in [0.3, 0.4) is 0 Å². The van der Waals surface area contributed by atoms with E-state index in [9.17, 15) is 10.2 Å². The van der Waals surface area contributed by atoms with Crippen molar-refractivity contribution in [2.45, 2.75) is 12.3 Å². The van der Waals surface area contributed by atoms with E-state index in [2.05, 4.69) is 22.0 Å². The number of hydrogen-bond donors (Lipinski definition) is 5. The van der Waals surface area contributed by atoms with Gasteiger partial charge in [-0.15, -0.1) is 0 Å². The van der Waals surface area contributed by atoms with Crippen LogP contribution in [0.15, 0.2) is 52.9 Å². The number of nitroso groups, excluding NO2 is 1. The third kappa shape index (κ3) is 3.20. The molecule has 1 unspecified atom stereocenters. The minimum atomic E-state index is -0.551. The number of benzene rings is 1. The van der Waals surface area contributed by atoms with E-state index in [1.165, 1.54) is 6.20 Å². The molecule has 0 spiro atoms. The average molecular weight is 365 g/mol. The molecule has 2 aliphatic rings. The van der Waals surface area contributed by atoms with Gasteiger partial charge in [-0.3, -0.25) is 5.73 Å². The molecule has 1 atom stereocenters. The predicted molar refractivity (Wildman–Crippen MR) is 103 cm³/mol. The van der Waals surface area contributed by atoms with Crippen LogP contribution in [-0.2, 0) is 0 Å². The van der Waals surface area contributed by atoms with Crippen molar-refractivity contribution in [1.82, 2.24) is 4.90 Å². The highest BCUT2D eigenvalue weighted by molar-refractivity contribution is 5.97. The number of allylic oxidation sites excluding steroid dienone is 2. The highest BCUT2D eigenvalue weighted by Crippen LogP contribution is 2.39. The number of para-hydroxylation sites is 1. The topological polar surface area (TPSA) is 150 Å². The summed E-state index contributed by atoms with van der Waals surface area (Å²) in [5.74, 6) is -0.179. The summed E-state index contributed by atoms with van der Waals surface area (Å²) in [7, 11) is 2.04. The summed E-state index contributed by atoms with van der Waals surface area (Å²) in [6.07, 6.45) is 4.26. The van der Waals surface area contributed by atoms with Gasteiger partial charge in [0.05, 0.1) is 17.1 Å². The van der Waals surface area contributed by atoms with Crippen molar-refractivity contribution in [2.75, 3.05) is 25.9 Å². The Morgan fingerprint density at radius 2 is 2.19 bits per heavy atom. The fourth-order valence-electron chi connectivity index (χ4n) is 3.53. The third-order valence-corrected chi connectivity index (χ3v) is 5.03. The van der Waals surface area contributed by atoms with E-state index in [4.69, 9.17) is 17.2 Å². The Bertz CT molecular complexity index is 949. The largest absolute Gasteiger partial charge is 0.404 e. The van der Waals surface area contributed by atoms with Gasteiger partial charge in [-0.1, -0.05) is 18.2 Å². The number of nitrogens with one attached hydrogen (secondary N) is 2. The molecule has 2 heterocycles. The molecule has 0 bridgehead atoms. The quantitative estimate of drug-likeness (QED) is 0.397. The summed E-state index contributed by atoms with van der Waals surface area (Å²) in [5, 5.41) is 11.8. The van der Waals surface area contributed by atoms with Crippen LogP contribution in [0.5, 0.6) is 0 Å². The number of nitriles is 1. The molecule has 27 heavy (non-hydrogen) atoms. The fourth-order valence-corrected chi connectivity index (χ4v) is 3.53. The monoisotopic (exact) mass is 365 g/mol. The second-order valence-corrected chi connectivity index (χ2v) is 6.65. The summed E-state index contributed by atoms with van der Waals surface area (Å²) in [5.41, 5.74) is 22.1. The lowest BCUT2D eigenvalue weighted by Crippen LogP contribution is -2.76. The SMILES string of the molecule is CN1CC=C(C2=C(C#N)C(c3cccc([NH+]=O)c3N)/C(=C/N)C(N)=[NH+]2)CC1. The van der Waals surface area contributed by atoms with Crippen LogP contribution >= 0.6 is 0 Å². The van der Waals surface area contributed by atoms with Crippen molar-refractivity contribution in [3.8, 4) is 6.07 Å². The van der Waals surface area contributed by atoms with Crippen molar-refractivity contribution in [2.24, 2.45) is 11.5 Å². The first-order valence-electron chi connectivity index (χ1n) is 8.62. The molecule has 8 nitrogen and oxygen atoms in total. The number of nitrogen functional groups attached to an aromatic ring is 1. The van der Waals surface area contributed by atoms with Gasteiger partial charge in [0, 0.05) is 35.4 Å². The minimum Gasteiger partial charge on any atom is -0.404 e. The van der Waals surface area contributed by atoms with Crippen molar-refractivity contribution in [3.05, 3.63) is 63.4 Å². The lowest BCUT2D eigenvalue weighted by atomic mass is 9.79. The van der Waals surface area contributed by atoms with Crippen LogP contribution in [0.25, 0.3) is 0 Å². The molecule has 0 aromatic heterocycles. The maximum absolute atomic E-state index is 11.2. The summed E-state index contributed by atoms with van der Waals surface area (Å²) in [4.78, 5) is 16.5. The van der Waals surface area contributed by atoms with Gasteiger partial charge in [-0.25, -0.2) is 4.99 Å². The van der Waals surface area contributed by atoms with Crippen LogP contribution in [0, 0.1) is 16.2 Å². The maximum atomic E-state index is 11.2. The molecule has 138 valence electrons. The summed E-state index contributed by atoms with van der Waals surface area (Å²) < 4.78 is 0. The lowest BCUT2D eigenvalue weighted by Gasteiger charge is -2.27. The van der Waals surface area contributed by atoms with E-state index < -0.39 is 5.92 Å². The van der Waals surface area contributed by atoms with E-state index in [1.807, 2.05) is 12.2 Å². The molecule has 2 aliphatic heterocycles. The molecule has 8 N–H and O–H groups in total. The lowest BCUT2D eigenvalue weighted by molar-refractivity contribution is -0.397. The number of rotatable bonds is 3. The normalized spacial score (nSPS) is 22.2. The van der Waals surface area contributed by atoms with Crippen LogP contribution in [-0.4, -0.2) is 30.9 Å². The molecule has 0 amide bonds. The molecule has 0 saturated carbocycles. The van der Waals surface area contributed by atoms with Crippen molar-refractivity contribution >= 4 is 17.2 Å². The molecule has 0 radical (unpaired) electrons. The Morgan fingerprint density at radius 1 is 1.41 bits per heavy atom. The van der Waals surface area contributed by atoms with Gasteiger partial charge < -0.3 is 16.4 Å². The number of amidine groups is 1. The third-order valence-electron chi connectivity index (χ3n) is 5.03. The molecule has 8 heteroatoms. The Kier molecular flexibility index (Phi) is 5.05. The number of anilines is 1. The number of hydrogen-bond acceptors (Lipinski definition) is 6. The van der Waals surface area contributed by atoms with E-state index in [-0.39, 0.29) is 11.4 Å². The van der Waals surface area contributed by atoms with Gasteiger partial charge in [0.1, 0.15) is 17.5 Å². The second-order valence-electron chi connectivity index (χ2n) is 6.65. The predicted octanol–water partition coefficient (Wildman–Crippen LogP) is -1.84. The first-order chi connectivity index (χ1) is 13.0. The van der Waals surface area contributed by atoms with E-state index >= 15 is 0 Å². The Hall–Kier alpha value is -3.44. The zero-order valence-corrected chi connectivity index (χ0v) is 15.1.